The largest absolute Gasteiger partial charge is 0.465 e. The molecule has 134 valence electrons. The van der Waals surface area contributed by atoms with E-state index in [1.165, 1.54) is 24.3 Å². The van der Waals surface area contributed by atoms with Crippen molar-refractivity contribution in [2.45, 2.75) is 4.90 Å². The van der Waals surface area contributed by atoms with Crippen LogP contribution in [-0.2, 0) is 14.8 Å². The van der Waals surface area contributed by atoms with Crippen LogP contribution in [0.3, 0.4) is 0 Å². The minimum atomic E-state index is -4.24. The number of nitrogens with one attached hydrogen (secondary N) is 1. The van der Waals surface area contributed by atoms with E-state index >= 15 is 0 Å². The topological polar surface area (TPSA) is 129 Å². The third-order valence-corrected chi connectivity index (χ3v) is 5.05. The Hall–Kier alpha value is -3.33. The Labute approximate surface area is 148 Å². The molecule has 9 heteroatoms. The van der Waals surface area contributed by atoms with Gasteiger partial charge in [-0.2, -0.15) is 0 Å². The van der Waals surface area contributed by atoms with Crippen LogP contribution >= 0.6 is 0 Å². The number of hydrogen-bond donors (Lipinski definition) is 2. The van der Waals surface area contributed by atoms with Gasteiger partial charge in [-0.05, 0) is 24.3 Å². The highest BCUT2D eigenvalue weighted by molar-refractivity contribution is 7.92. The maximum atomic E-state index is 12.8. The van der Waals surface area contributed by atoms with Crippen molar-refractivity contribution in [3.63, 3.8) is 0 Å². The Morgan fingerprint density at radius 1 is 1.08 bits per heavy atom. The number of sulfonamides is 1. The van der Waals surface area contributed by atoms with Crippen LogP contribution in [0, 0.1) is 0 Å². The van der Waals surface area contributed by atoms with Gasteiger partial charge < -0.3 is 14.9 Å². The van der Waals surface area contributed by atoms with Gasteiger partial charge >= 0.3 is 5.97 Å². The summed E-state index contributed by atoms with van der Waals surface area (Å²) in [6, 6.07) is 12.0. The number of amides is 1. The average Bonchev–Trinajstić information content (AvgIpc) is 2.99. The molecule has 0 unspecified atom stereocenters. The van der Waals surface area contributed by atoms with Gasteiger partial charge in [0.2, 0.25) is 5.76 Å². The van der Waals surface area contributed by atoms with E-state index in [0.717, 1.165) is 7.11 Å². The van der Waals surface area contributed by atoms with Gasteiger partial charge in [0.25, 0.3) is 15.9 Å². The molecule has 0 aliphatic rings. The number of fused-ring (bicyclic) bond motifs is 1. The monoisotopic (exact) mass is 374 g/mol. The molecular formula is C17H14N2O6S. The molecule has 26 heavy (non-hydrogen) atoms. The number of methoxy groups -OCH3 is 1. The summed E-state index contributed by atoms with van der Waals surface area (Å²) in [5.74, 6) is -2.07. The number of carbonyl (C=O) groups excluding carboxylic acids is 2. The third kappa shape index (κ3) is 3.00. The van der Waals surface area contributed by atoms with Crippen LogP contribution in [0.4, 0.5) is 5.69 Å². The second-order valence-corrected chi connectivity index (χ2v) is 6.91. The normalized spacial score (nSPS) is 11.3. The summed E-state index contributed by atoms with van der Waals surface area (Å²) in [5.41, 5.74) is 5.35. The van der Waals surface area contributed by atoms with Crippen molar-refractivity contribution in [1.29, 1.82) is 0 Å². The van der Waals surface area contributed by atoms with E-state index in [9.17, 15) is 18.0 Å². The van der Waals surface area contributed by atoms with Gasteiger partial charge in [-0.3, -0.25) is 9.52 Å². The maximum absolute atomic E-state index is 12.8. The number of nitrogens with two attached hydrogens (primary N) is 1. The van der Waals surface area contributed by atoms with Crippen molar-refractivity contribution < 1.29 is 27.2 Å². The highest BCUT2D eigenvalue weighted by atomic mass is 32.2. The van der Waals surface area contributed by atoms with E-state index in [0.29, 0.717) is 11.0 Å². The summed E-state index contributed by atoms with van der Waals surface area (Å²) in [7, 11) is -3.09. The molecule has 0 spiro atoms. The molecule has 8 nitrogen and oxygen atoms in total. The molecule has 0 fully saturated rings. The van der Waals surface area contributed by atoms with E-state index in [-0.39, 0.29) is 21.9 Å². The van der Waals surface area contributed by atoms with Crippen molar-refractivity contribution >= 4 is 38.6 Å². The fourth-order valence-electron chi connectivity index (χ4n) is 2.49. The number of carbonyl (C=O) groups is 2. The van der Waals surface area contributed by atoms with Crippen LogP contribution in [0.2, 0.25) is 0 Å². The zero-order valence-corrected chi connectivity index (χ0v) is 14.4. The Morgan fingerprint density at radius 3 is 2.42 bits per heavy atom. The Kier molecular flexibility index (Phi) is 4.39. The van der Waals surface area contributed by atoms with Crippen molar-refractivity contribution in [3.8, 4) is 0 Å². The Balaban J connectivity index is 2.15. The third-order valence-electron chi connectivity index (χ3n) is 3.64. The second kappa shape index (κ2) is 6.52. The van der Waals surface area contributed by atoms with Gasteiger partial charge in [0.1, 0.15) is 16.2 Å². The van der Waals surface area contributed by atoms with Crippen LogP contribution in [0.5, 0.6) is 0 Å². The lowest BCUT2D eigenvalue weighted by Crippen LogP contribution is -2.20. The minimum absolute atomic E-state index is 0.0900. The molecule has 0 saturated carbocycles. The molecule has 3 aromatic rings. The van der Waals surface area contributed by atoms with Crippen molar-refractivity contribution in [2.24, 2.45) is 5.73 Å². The molecule has 0 saturated heterocycles. The Morgan fingerprint density at radius 2 is 1.73 bits per heavy atom. The molecule has 0 radical (unpaired) electrons. The smallest absolute Gasteiger partial charge is 0.339 e. The van der Waals surface area contributed by atoms with Gasteiger partial charge in [-0.1, -0.05) is 24.3 Å². The van der Waals surface area contributed by atoms with Crippen LogP contribution in [0.1, 0.15) is 20.9 Å². The number of esters is 1. The predicted molar refractivity (Wildman–Crippen MR) is 93.3 cm³/mol. The van der Waals surface area contributed by atoms with Gasteiger partial charge in [-0.25, -0.2) is 13.2 Å². The molecule has 1 aromatic heterocycles. The van der Waals surface area contributed by atoms with E-state index in [2.05, 4.69) is 9.46 Å². The molecule has 2 aromatic carbocycles. The standard InChI is InChI=1S/C17H14N2O6S/c1-24-17(21)11-7-3-5-9-13(11)26(22,23)19-14-10-6-2-4-8-12(10)25-15(14)16(18)20/h2-9,19H,1H3,(H2,18,20). The lowest BCUT2D eigenvalue weighted by atomic mass is 10.2. The van der Waals surface area contributed by atoms with Crippen molar-refractivity contribution in [3.05, 3.63) is 59.9 Å². The maximum Gasteiger partial charge on any atom is 0.339 e. The van der Waals surface area contributed by atoms with E-state index < -0.39 is 21.9 Å². The predicted octanol–water partition coefficient (Wildman–Crippen LogP) is 2.12. The molecule has 3 N–H and O–H groups in total. The van der Waals surface area contributed by atoms with Gasteiger partial charge in [0.05, 0.1) is 12.7 Å². The SMILES string of the molecule is COC(=O)c1ccccc1S(=O)(=O)Nc1c(C(N)=O)oc2ccccc12. The first kappa shape index (κ1) is 17.5. The lowest BCUT2D eigenvalue weighted by Gasteiger charge is -2.11. The zero-order chi connectivity index (χ0) is 18.9. The average molecular weight is 374 g/mol. The molecule has 0 atom stereocenters. The number of anilines is 1. The lowest BCUT2D eigenvalue weighted by molar-refractivity contribution is 0.0596. The molecular weight excluding hydrogens is 360 g/mol. The number of rotatable bonds is 5. The first-order valence-corrected chi connectivity index (χ1v) is 8.85. The van der Waals surface area contributed by atoms with E-state index in [1.54, 1.807) is 24.3 Å². The van der Waals surface area contributed by atoms with Crippen LogP contribution in [0.25, 0.3) is 11.0 Å². The summed E-state index contributed by atoms with van der Waals surface area (Å²) in [4.78, 5) is 23.2. The highest BCUT2D eigenvalue weighted by Gasteiger charge is 2.27. The number of para-hydroxylation sites is 1. The van der Waals surface area contributed by atoms with Crippen molar-refractivity contribution in [1.82, 2.24) is 0 Å². The highest BCUT2D eigenvalue weighted by Crippen LogP contribution is 2.32. The summed E-state index contributed by atoms with van der Waals surface area (Å²) in [6.07, 6.45) is 0. The first-order valence-electron chi connectivity index (χ1n) is 7.36. The minimum Gasteiger partial charge on any atom is -0.465 e. The summed E-state index contributed by atoms with van der Waals surface area (Å²) >= 11 is 0. The van der Waals surface area contributed by atoms with Crippen LogP contribution in [0.15, 0.2) is 57.8 Å². The zero-order valence-electron chi connectivity index (χ0n) is 13.6. The van der Waals surface area contributed by atoms with Crippen LogP contribution < -0.4 is 10.5 Å². The number of primary amides is 1. The number of hydrogen-bond acceptors (Lipinski definition) is 6. The molecule has 0 aliphatic heterocycles. The van der Waals surface area contributed by atoms with Crippen molar-refractivity contribution in [2.75, 3.05) is 11.8 Å². The fraction of sp³-hybridized carbons (Fsp3) is 0.0588. The van der Waals surface area contributed by atoms with Gasteiger partial charge in [-0.15, -0.1) is 0 Å². The van der Waals surface area contributed by atoms with Crippen LogP contribution in [-0.4, -0.2) is 27.4 Å². The van der Waals surface area contributed by atoms with Gasteiger partial charge in [0, 0.05) is 5.39 Å². The number of ether oxygens (including phenoxy) is 1. The Bertz CT molecular complexity index is 1120. The first-order chi connectivity index (χ1) is 12.3. The molecule has 1 amide bonds. The summed E-state index contributed by atoms with van der Waals surface area (Å²) < 4.78 is 38.0. The fourth-order valence-corrected chi connectivity index (χ4v) is 3.77. The van der Waals surface area contributed by atoms with Gasteiger partial charge in [0.15, 0.2) is 0 Å². The summed E-state index contributed by atoms with van der Waals surface area (Å²) in [5, 5.41) is 0.362. The molecule has 0 bridgehead atoms. The number of furan rings is 1. The molecule has 1 heterocycles. The number of benzene rings is 2. The second-order valence-electron chi connectivity index (χ2n) is 5.26. The summed E-state index contributed by atoms with van der Waals surface area (Å²) in [6.45, 7) is 0. The van der Waals surface area contributed by atoms with E-state index in [4.69, 9.17) is 10.2 Å². The molecule has 0 aliphatic carbocycles. The van der Waals surface area contributed by atoms with E-state index in [1.807, 2.05) is 0 Å². The molecule has 3 rings (SSSR count). The quantitative estimate of drug-likeness (QED) is 0.658.